The van der Waals surface area contributed by atoms with Crippen molar-refractivity contribution in [1.82, 2.24) is 14.9 Å². The molecule has 3 aromatic rings. The number of aromatic amines is 1. The van der Waals surface area contributed by atoms with Gasteiger partial charge in [0, 0.05) is 12.2 Å². The number of urea groups is 1. The van der Waals surface area contributed by atoms with E-state index in [2.05, 4.69) is 36.3 Å². The summed E-state index contributed by atoms with van der Waals surface area (Å²) in [5, 5.41) is 3.06. The number of H-pyrrole nitrogens is 1. The Kier molecular flexibility index (Phi) is 4.84. The number of hydrogen-bond donors (Lipinski definition) is 2. The lowest BCUT2D eigenvalue weighted by Gasteiger charge is -2.34. The highest BCUT2D eigenvalue weighted by Crippen LogP contribution is 2.31. The third kappa shape index (κ3) is 3.68. The zero-order chi connectivity index (χ0) is 18.8. The van der Waals surface area contributed by atoms with Crippen molar-refractivity contribution < 1.29 is 4.79 Å². The van der Waals surface area contributed by atoms with Crippen LogP contribution in [0.3, 0.4) is 0 Å². The van der Waals surface area contributed by atoms with E-state index in [-0.39, 0.29) is 12.1 Å². The highest BCUT2D eigenvalue weighted by molar-refractivity contribution is 5.89. The molecule has 1 unspecified atom stereocenters. The van der Waals surface area contributed by atoms with E-state index in [1.807, 2.05) is 41.3 Å². The lowest BCUT2D eigenvalue weighted by molar-refractivity contribution is 0.160. The number of amides is 2. The first kappa shape index (κ1) is 17.6. The third-order valence-corrected chi connectivity index (χ3v) is 5.32. The van der Waals surface area contributed by atoms with Crippen LogP contribution in [0.15, 0.2) is 48.5 Å². The number of hydrogen-bond acceptors (Lipinski definition) is 2. The minimum atomic E-state index is -0.0579. The zero-order valence-corrected chi connectivity index (χ0v) is 15.9. The van der Waals surface area contributed by atoms with Crippen LogP contribution in [-0.2, 0) is 0 Å². The van der Waals surface area contributed by atoms with Crippen LogP contribution < -0.4 is 5.32 Å². The fourth-order valence-corrected chi connectivity index (χ4v) is 3.74. The average Bonchev–Trinajstić information content (AvgIpc) is 3.12. The van der Waals surface area contributed by atoms with Crippen molar-refractivity contribution in [3.8, 4) is 0 Å². The number of fused-ring (bicyclic) bond motifs is 1. The Bertz CT molecular complexity index is 896. The van der Waals surface area contributed by atoms with Crippen molar-refractivity contribution in [2.75, 3.05) is 11.9 Å². The minimum Gasteiger partial charge on any atom is -0.340 e. The lowest BCUT2D eigenvalue weighted by atomic mass is 10.0. The molecule has 2 amide bonds. The summed E-state index contributed by atoms with van der Waals surface area (Å²) >= 11 is 0. The molecule has 2 N–H and O–H groups in total. The molecule has 2 aromatic carbocycles. The molecule has 1 saturated heterocycles. The van der Waals surface area contributed by atoms with Gasteiger partial charge in [-0.1, -0.05) is 38.1 Å². The van der Waals surface area contributed by atoms with Gasteiger partial charge in [-0.25, -0.2) is 9.78 Å². The molecule has 27 heavy (non-hydrogen) atoms. The Morgan fingerprint density at radius 2 is 1.93 bits per heavy atom. The van der Waals surface area contributed by atoms with Crippen LogP contribution in [0.25, 0.3) is 11.0 Å². The number of aromatic nitrogens is 2. The van der Waals surface area contributed by atoms with Gasteiger partial charge in [0.15, 0.2) is 0 Å². The monoisotopic (exact) mass is 362 g/mol. The van der Waals surface area contributed by atoms with E-state index >= 15 is 0 Å². The third-order valence-electron chi connectivity index (χ3n) is 5.32. The number of likely N-dealkylation sites (tertiary alicyclic amines) is 1. The topological polar surface area (TPSA) is 61.0 Å². The maximum Gasteiger partial charge on any atom is 0.322 e. The molecule has 0 spiro atoms. The van der Waals surface area contributed by atoms with Crippen LogP contribution in [0.1, 0.15) is 56.5 Å². The highest BCUT2D eigenvalue weighted by atomic mass is 16.2. The smallest absolute Gasteiger partial charge is 0.322 e. The van der Waals surface area contributed by atoms with Crippen molar-refractivity contribution in [2.24, 2.45) is 0 Å². The van der Waals surface area contributed by atoms with Crippen molar-refractivity contribution in [1.29, 1.82) is 0 Å². The van der Waals surface area contributed by atoms with E-state index in [1.165, 1.54) is 5.56 Å². The van der Waals surface area contributed by atoms with Crippen molar-refractivity contribution in [3.05, 3.63) is 59.9 Å². The second-order valence-corrected chi connectivity index (χ2v) is 7.55. The summed E-state index contributed by atoms with van der Waals surface area (Å²) in [6, 6.07) is 16.0. The fourth-order valence-electron chi connectivity index (χ4n) is 3.74. The van der Waals surface area contributed by atoms with E-state index in [4.69, 9.17) is 4.98 Å². The molecule has 1 atom stereocenters. The Morgan fingerprint density at radius 3 is 2.67 bits per heavy atom. The zero-order valence-electron chi connectivity index (χ0n) is 15.9. The summed E-state index contributed by atoms with van der Waals surface area (Å²) in [6.07, 6.45) is 3.06. The minimum absolute atomic E-state index is 0.0129. The number of rotatable bonds is 3. The molecule has 1 aliphatic rings. The first-order valence-corrected chi connectivity index (χ1v) is 9.74. The normalized spacial score (nSPS) is 17.4. The molecule has 2 heterocycles. The van der Waals surface area contributed by atoms with Gasteiger partial charge < -0.3 is 15.2 Å². The number of benzene rings is 2. The molecule has 0 aliphatic carbocycles. The number of anilines is 1. The quantitative estimate of drug-likeness (QED) is 0.651. The van der Waals surface area contributed by atoms with Crippen LogP contribution in [0, 0.1) is 0 Å². The van der Waals surface area contributed by atoms with Crippen LogP contribution in [0.5, 0.6) is 0 Å². The van der Waals surface area contributed by atoms with Gasteiger partial charge in [-0.15, -0.1) is 0 Å². The van der Waals surface area contributed by atoms with E-state index in [0.29, 0.717) is 5.92 Å². The van der Waals surface area contributed by atoms with E-state index in [1.54, 1.807) is 0 Å². The van der Waals surface area contributed by atoms with Crippen LogP contribution in [-0.4, -0.2) is 27.4 Å². The number of imidazole rings is 1. The Labute approximate surface area is 159 Å². The predicted octanol–water partition coefficient (Wildman–Crippen LogP) is 5.45. The van der Waals surface area contributed by atoms with Gasteiger partial charge in [0.2, 0.25) is 0 Å². The van der Waals surface area contributed by atoms with E-state index < -0.39 is 0 Å². The number of nitrogens with zero attached hydrogens (tertiary/aromatic N) is 2. The molecular formula is C22H26N4O. The summed E-state index contributed by atoms with van der Waals surface area (Å²) in [7, 11) is 0. The van der Waals surface area contributed by atoms with Crippen molar-refractivity contribution in [2.45, 2.75) is 45.1 Å². The van der Waals surface area contributed by atoms with Gasteiger partial charge in [0.25, 0.3) is 0 Å². The van der Waals surface area contributed by atoms with E-state index in [0.717, 1.165) is 48.4 Å². The molecule has 0 saturated carbocycles. The van der Waals surface area contributed by atoms with Gasteiger partial charge in [0.05, 0.1) is 17.1 Å². The van der Waals surface area contributed by atoms with Gasteiger partial charge in [-0.2, -0.15) is 0 Å². The van der Waals surface area contributed by atoms with Gasteiger partial charge in [-0.05, 0) is 55.0 Å². The molecule has 5 nitrogen and oxygen atoms in total. The molecule has 0 bridgehead atoms. The van der Waals surface area contributed by atoms with Gasteiger partial charge in [0.1, 0.15) is 5.82 Å². The number of nitrogens with one attached hydrogen (secondary N) is 2. The summed E-state index contributed by atoms with van der Waals surface area (Å²) in [4.78, 5) is 23.0. The fraction of sp³-hybridized carbons (Fsp3) is 0.364. The molecule has 5 heteroatoms. The molecule has 1 fully saturated rings. The average molecular weight is 362 g/mol. The summed E-state index contributed by atoms with van der Waals surface area (Å²) < 4.78 is 0. The van der Waals surface area contributed by atoms with Crippen LogP contribution >= 0.6 is 0 Å². The van der Waals surface area contributed by atoms with Gasteiger partial charge in [-0.3, -0.25) is 0 Å². The maximum absolute atomic E-state index is 13.0. The van der Waals surface area contributed by atoms with Gasteiger partial charge >= 0.3 is 6.03 Å². The van der Waals surface area contributed by atoms with E-state index in [9.17, 15) is 4.79 Å². The second-order valence-electron chi connectivity index (χ2n) is 7.55. The summed E-state index contributed by atoms with van der Waals surface area (Å²) in [5.41, 5.74) is 4.06. The number of carbonyl (C=O) groups is 1. The first-order chi connectivity index (χ1) is 13.1. The number of piperidine rings is 1. The molecule has 1 aliphatic heterocycles. The number of para-hydroxylation sites is 2. The largest absolute Gasteiger partial charge is 0.340 e. The Hall–Kier alpha value is -2.82. The Morgan fingerprint density at radius 1 is 1.15 bits per heavy atom. The molecule has 0 radical (unpaired) electrons. The van der Waals surface area contributed by atoms with Crippen molar-refractivity contribution >= 4 is 22.8 Å². The Balaban J connectivity index is 1.53. The maximum atomic E-state index is 13.0. The summed E-state index contributed by atoms with van der Waals surface area (Å²) in [6.45, 7) is 5.08. The first-order valence-electron chi connectivity index (χ1n) is 9.74. The predicted molar refractivity (Wildman–Crippen MR) is 109 cm³/mol. The van der Waals surface area contributed by atoms with Crippen LogP contribution in [0.4, 0.5) is 10.5 Å². The molecule has 140 valence electrons. The highest BCUT2D eigenvalue weighted by Gasteiger charge is 2.30. The van der Waals surface area contributed by atoms with Crippen LogP contribution in [0.2, 0.25) is 0 Å². The lowest BCUT2D eigenvalue weighted by Crippen LogP contribution is -2.41. The molecular weight excluding hydrogens is 336 g/mol. The number of carbonyl (C=O) groups excluding carboxylic acids is 1. The molecule has 4 rings (SSSR count). The molecule has 1 aromatic heterocycles. The van der Waals surface area contributed by atoms with Crippen molar-refractivity contribution in [3.63, 3.8) is 0 Å². The summed E-state index contributed by atoms with van der Waals surface area (Å²) in [5.74, 6) is 1.36. The standard InChI is InChI=1S/C22H26N4O/c1-15(2)16-10-12-17(13-11-16)23-22(27)26-14-6-5-9-20(26)21-24-18-7-3-4-8-19(18)25-21/h3-4,7-8,10-13,15,20H,5-6,9,14H2,1-2H3,(H,23,27)(H,24,25). The second kappa shape index (κ2) is 7.43. The SMILES string of the molecule is CC(C)c1ccc(NC(=O)N2CCCCC2c2nc3ccccc3[nH]2)cc1.